The van der Waals surface area contributed by atoms with Gasteiger partial charge in [0.15, 0.2) is 0 Å². The van der Waals surface area contributed by atoms with Crippen molar-refractivity contribution in [1.29, 1.82) is 0 Å². The Bertz CT molecular complexity index is 743. The van der Waals surface area contributed by atoms with Crippen molar-refractivity contribution in [3.05, 3.63) is 0 Å². The van der Waals surface area contributed by atoms with Crippen molar-refractivity contribution in [2.24, 2.45) is 0 Å². The maximum Gasteiger partial charge on any atom is 0.270 e. The highest BCUT2D eigenvalue weighted by molar-refractivity contribution is 6.99. The van der Waals surface area contributed by atoms with Crippen LogP contribution in [0.15, 0.2) is 0 Å². The largest absolute Gasteiger partial charge is 0.472 e. The molecule has 0 unspecified atom stereocenters. The van der Waals surface area contributed by atoms with Gasteiger partial charge in [-0.1, -0.05) is 0 Å². The van der Waals surface area contributed by atoms with E-state index in [4.69, 9.17) is 17.1 Å². The van der Waals surface area contributed by atoms with Crippen molar-refractivity contribution in [3.63, 3.8) is 0 Å². The van der Waals surface area contributed by atoms with Gasteiger partial charge in [0.2, 0.25) is 5.82 Å². The summed E-state index contributed by atoms with van der Waals surface area (Å²) < 4.78 is 88.3. The number of morpholine rings is 1. The summed E-state index contributed by atoms with van der Waals surface area (Å²) in [5.41, 5.74) is -0.389. The van der Waals surface area contributed by atoms with Gasteiger partial charge in [-0.2, -0.15) is 4.37 Å². The minimum Gasteiger partial charge on any atom is -0.472 e. The summed E-state index contributed by atoms with van der Waals surface area (Å²) in [6.45, 7) is -8.27. The van der Waals surface area contributed by atoms with Crippen LogP contribution < -0.4 is 15.0 Å². The zero-order chi connectivity index (χ0) is 23.4. The molecule has 1 atom stereocenters. The Morgan fingerprint density at radius 1 is 1.52 bits per heavy atom. The van der Waals surface area contributed by atoms with Gasteiger partial charge in [0.05, 0.1) is 37.2 Å². The molecule has 2 rings (SSSR count). The summed E-state index contributed by atoms with van der Waals surface area (Å²) >= 11 is 0.486. The lowest BCUT2D eigenvalue weighted by Gasteiger charge is -2.27. The van der Waals surface area contributed by atoms with Crippen molar-refractivity contribution >= 4 is 17.5 Å². The molecule has 1 aliphatic heterocycles. The van der Waals surface area contributed by atoms with Crippen LogP contribution in [0.3, 0.4) is 0 Å². The fourth-order valence-electron chi connectivity index (χ4n) is 1.27. The molecule has 1 saturated heterocycles. The minimum atomic E-state index is -3.25. The Labute approximate surface area is 142 Å². The van der Waals surface area contributed by atoms with Gasteiger partial charge >= 0.3 is 0 Å². The maximum atomic E-state index is 10.2. The molecule has 0 radical (unpaired) electrons. The number of rotatable bonds is 6. The highest BCUT2D eigenvalue weighted by Gasteiger charge is 2.21. The number of anilines is 1. The molecule has 0 bridgehead atoms. The number of ether oxygens (including phenoxy) is 2. The molecule has 1 fully saturated rings. The first kappa shape index (κ1) is 8.05. The molecule has 1 aromatic heterocycles. The lowest BCUT2D eigenvalue weighted by Crippen LogP contribution is -2.42. The second-order valence-electron chi connectivity index (χ2n) is 5.22. The van der Waals surface area contributed by atoms with E-state index in [2.05, 4.69) is 18.8 Å². The minimum absolute atomic E-state index is 0.138. The zero-order valence-corrected chi connectivity index (χ0v) is 12.7. The van der Waals surface area contributed by atoms with E-state index < -0.39 is 50.5 Å². The van der Waals surface area contributed by atoms with Crippen LogP contribution in [-0.2, 0) is 4.74 Å². The Hall–Kier alpha value is -0.960. The van der Waals surface area contributed by atoms with Crippen LogP contribution in [0.5, 0.6) is 5.88 Å². The molecule has 0 aromatic carbocycles. The highest BCUT2D eigenvalue weighted by Crippen LogP contribution is 2.26. The number of hydrogen-bond acceptors (Lipinski definition) is 8. The topological polar surface area (TPSA) is 79.7 Å². The van der Waals surface area contributed by atoms with Crippen molar-refractivity contribution in [2.75, 3.05) is 44.2 Å². The van der Waals surface area contributed by atoms with Crippen LogP contribution >= 0.6 is 11.7 Å². The van der Waals surface area contributed by atoms with Gasteiger partial charge < -0.3 is 24.8 Å². The van der Waals surface area contributed by atoms with Gasteiger partial charge in [0, 0.05) is 25.1 Å². The number of aliphatic hydroxyl groups is 1. The van der Waals surface area contributed by atoms with Gasteiger partial charge in [0.1, 0.15) is 12.7 Å². The first-order valence-electron chi connectivity index (χ1n) is 10.7. The Morgan fingerprint density at radius 3 is 2.90 bits per heavy atom. The monoisotopic (exact) mass is 325 g/mol. The molecule has 21 heavy (non-hydrogen) atoms. The predicted molar refractivity (Wildman–Crippen MR) is 82.2 cm³/mol. The quantitative estimate of drug-likeness (QED) is 0.788. The highest BCUT2D eigenvalue weighted by atomic mass is 32.1. The third-order valence-corrected chi connectivity index (χ3v) is 2.77. The molecule has 0 amide bonds. The predicted octanol–water partition coefficient (Wildman–Crippen LogP) is 0.502. The number of nitrogens with one attached hydrogen (secondary N) is 1. The van der Waals surface area contributed by atoms with E-state index in [-0.39, 0.29) is 17.0 Å². The summed E-state index contributed by atoms with van der Waals surface area (Å²) in [5.74, 6) is -1.10. The van der Waals surface area contributed by atoms with E-state index in [1.807, 2.05) is 20.8 Å². The summed E-state index contributed by atoms with van der Waals surface area (Å²) in [4.78, 5) is 0.138. The molecular weight excluding hydrogens is 292 g/mol. The molecular formula is C13H24N4O3S. The molecule has 0 saturated carbocycles. The van der Waals surface area contributed by atoms with Crippen LogP contribution in [0.1, 0.15) is 33.1 Å². The van der Waals surface area contributed by atoms with E-state index in [1.54, 1.807) is 0 Å². The van der Waals surface area contributed by atoms with E-state index >= 15 is 0 Å². The number of hydrogen-bond donors (Lipinski definition) is 2. The van der Waals surface area contributed by atoms with Gasteiger partial charge in [-0.15, -0.1) is 4.37 Å². The molecule has 0 spiro atoms. The van der Waals surface area contributed by atoms with Crippen LogP contribution in [0, 0.1) is 0 Å². The van der Waals surface area contributed by atoms with E-state index in [0.29, 0.717) is 11.7 Å². The molecule has 2 N–H and O–H groups in total. The number of nitrogens with zero attached hydrogens (tertiary/aromatic N) is 3. The van der Waals surface area contributed by atoms with Crippen molar-refractivity contribution < 1.29 is 26.9 Å². The second kappa shape index (κ2) is 7.35. The molecule has 120 valence electrons. The average molecular weight is 325 g/mol. The lowest BCUT2D eigenvalue weighted by molar-refractivity contribution is 0.0975. The molecule has 0 aliphatic carbocycles. The van der Waals surface area contributed by atoms with Gasteiger partial charge in [-0.3, -0.25) is 0 Å². The normalized spacial score (nSPS) is 35.2. The molecule has 2 heterocycles. The summed E-state index contributed by atoms with van der Waals surface area (Å²) in [6.07, 6.45) is -2.12. The standard InChI is InChI=1S/C13H24N4O3S/c1-13(2,3)14-8-10(18)9-20-12-11(15-21-16-12)17-4-6-19-7-5-17/h10,14,18H,4-9H2,1-3H3/t10-/m0/s1/i4D2,5D2,6D2,7D2,10D. The van der Waals surface area contributed by atoms with Crippen LogP contribution in [0.2, 0.25) is 0 Å². The summed E-state index contributed by atoms with van der Waals surface area (Å²) in [7, 11) is 0. The van der Waals surface area contributed by atoms with Crippen molar-refractivity contribution in [2.45, 2.75) is 32.4 Å². The third kappa shape index (κ3) is 5.39. The van der Waals surface area contributed by atoms with E-state index in [9.17, 15) is 5.11 Å². The van der Waals surface area contributed by atoms with Crippen LogP contribution in [0.25, 0.3) is 0 Å². The molecule has 8 heteroatoms. The van der Waals surface area contributed by atoms with Gasteiger partial charge in [0.25, 0.3) is 5.88 Å². The van der Waals surface area contributed by atoms with Crippen LogP contribution in [-0.4, -0.2) is 64.7 Å². The maximum absolute atomic E-state index is 10.2. The van der Waals surface area contributed by atoms with Gasteiger partial charge in [-0.05, 0) is 20.8 Å². The van der Waals surface area contributed by atoms with Crippen molar-refractivity contribution in [1.82, 2.24) is 14.1 Å². The SMILES string of the molecule is [2H]C1([2H])OC([2H])([2H])C([2H])([2H])N(c2nsnc2OC[C@@]([2H])(O)CNC(C)(C)C)C1([2H])[2H]. The number of aromatic nitrogens is 2. The summed E-state index contributed by atoms with van der Waals surface area (Å²) in [5, 5.41) is 13.1. The first-order valence-corrected chi connectivity index (χ1v) is 6.90. The second-order valence-corrected chi connectivity index (χ2v) is 5.75. The van der Waals surface area contributed by atoms with E-state index in [1.165, 1.54) is 0 Å². The Balaban J connectivity index is 2.34. The number of β-amino-alcohol motifs (C(OH)–C–C–N with tert-alkyl or cyclic N) is 1. The average Bonchev–Trinajstić information content (AvgIpc) is 2.96. The molecule has 1 aromatic rings. The van der Waals surface area contributed by atoms with Gasteiger partial charge in [-0.25, -0.2) is 0 Å². The fraction of sp³-hybridized carbons (Fsp3) is 0.846. The zero-order valence-electron chi connectivity index (χ0n) is 20.9. The lowest BCUT2D eigenvalue weighted by atomic mass is 10.1. The molecule has 7 nitrogen and oxygen atoms in total. The fourth-order valence-corrected chi connectivity index (χ4v) is 1.76. The van der Waals surface area contributed by atoms with E-state index in [0.717, 1.165) is 0 Å². The first-order chi connectivity index (χ1) is 13.2. The molecule has 1 aliphatic rings. The smallest absolute Gasteiger partial charge is 0.270 e. The van der Waals surface area contributed by atoms with Crippen LogP contribution in [0.4, 0.5) is 5.82 Å². The Morgan fingerprint density at radius 2 is 2.24 bits per heavy atom. The Kier molecular flexibility index (Phi) is 2.82. The third-order valence-electron chi connectivity index (χ3n) is 2.27. The van der Waals surface area contributed by atoms with Crippen molar-refractivity contribution in [3.8, 4) is 5.88 Å². The summed E-state index contributed by atoms with van der Waals surface area (Å²) in [6, 6.07) is 0.